The smallest absolute Gasteiger partial charge is 0.396 e. The van der Waals surface area contributed by atoms with E-state index in [0.717, 1.165) is 0 Å². The van der Waals surface area contributed by atoms with Crippen molar-refractivity contribution in [2.45, 2.75) is 38.0 Å². The molecule has 0 aromatic heterocycles. The van der Waals surface area contributed by atoms with Crippen LogP contribution in [0.3, 0.4) is 0 Å². The number of hydrogen-bond acceptors (Lipinski definition) is 4. The van der Waals surface area contributed by atoms with Gasteiger partial charge in [-0.1, -0.05) is 0 Å². The molecule has 0 heterocycles. The third kappa shape index (κ3) is 11.3. The molecule has 0 spiro atoms. The van der Waals surface area contributed by atoms with E-state index < -0.39 is 30.1 Å². The van der Waals surface area contributed by atoms with Crippen molar-refractivity contribution in [1.29, 1.82) is 0 Å². The number of hydrogen-bond donors (Lipinski definition) is 3. The molecule has 0 rings (SSSR count). The summed E-state index contributed by atoms with van der Waals surface area (Å²) < 4.78 is 72.3. The Hall–Kier alpha value is -2.05. The molecular weight excluding hydrogens is 388 g/mol. The number of rotatable bonds is 11. The molecule has 0 unspecified atom stereocenters. The molecule has 3 amide bonds. The molecule has 158 valence electrons. The normalized spacial score (nSPS) is 11.8. The molecule has 3 N–H and O–H groups in total. The molecule has 0 radical (unpaired) electrons. The van der Waals surface area contributed by atoms with Crippen LogP contribution in [0.2, 0.25) is 0 Å². The van der Waals surface area contributed by atoms with Gasteiger partial charge in [0.25, 0.3) is 0 Å². The van der Waals surface area contributed by atoms with Gasteiger partial charge in [0.1, 0.15) is 0 Å². The molecule has 0 aliphatic heterocycles. The maximum absolute atomic E-state index is 12.0. The summed E-state index contributed by atoms with van der Waals surface area (Å²) >= 11 is 0. The lowest BCUT2D eigenvalue weighted by molar-refractivity contribution is -0.173. The van der Waals surface area contributed by atoms with Crippen molar-refractivity contribution in [2.75, 3.05) is 32.8 Å². The zero-order chi connectivity index (χ0) is 21.1. The maximum Gasteiger partial charge on any atom is 0.471 e. The summed E-state index contributed by atoms with van der Waals surface area (Å²) in [4.78, 5) is 34.5. The van der Waals surface area contributed by atoms with Gasteiger partial charge in [0.15, 0.2) is 0 Å². The predicted octanol–water partition coefficient (Wildman–Crippen LogP) is 0.725. The van der Waals surface area contributed by atoms with Crippen molar-refractivity contribution in [3.63, 3.8) is 0 Å². The van der Waals surface area contributed by atoms with E-state index in [-0.39, 0.29) is 58.5 Å². The Balaban J connectivity index is 4.39. The Morgan fingerprint density at radius 3 is 1.52 bits per heavy atom. The second-order valence-electron chi connectivity index (χ2n) is 5.42. The number of nitrogens with zero attached hydrogens (tertiary/aromatic N) is 1. The first kappa shape index (κ1) is 24.9. The first-order chi connectivity index (χ1) is 12.4. The lowest BCUT2D eigenvalue weighted by Gasteiger charge is -2.23. The third-order valence-corrected chi connectivity index (χ3v) is 3.20. The van der Waals surface area contributed by atoms with E-state index in [0.29, 0.717) is 0 Å². The minimum Gasteiger partial charge on any atom is -0.396 e. The molecular formula is C14H21F6N3O4. The van der Waals surface area contributed by atoms with Crippen molar-refractivity contribution < 1.29 is 45.8 Å². The summed E-state index contributed by atoms with van der Waals surface area (Å²) in [7, 11) is 0. The van der Waals surface area contributed by atoms with E-state index in [2.05, 4.69) is 0 Å². The highest BCUT2D eigenvalue weighted by atomic mass is 19.4. The fraction of sp³-hybridized carbons (Fsp3) is 0.786. The second kappa shape index (κ2) is 11.6. The Kier molecular flexibility index (Phi) is 10.7. The molecule has 0 aromatic carbocycles. The Bertz CT molecular complexity index is 462. The number of carbonyl (C=O) groups is 3. The summed E-state index contributed by atoms with van der Waals surface area (Å²) in [5.74, 6) is -4.68. The van der Waals surface area contributed by atoms with Crippen LogP contribution in [0.1, 0.15) is 25.7 Å². The van der Waals surface area contributed by atoms with E-state index >= 15 is 0 Å². The van der Waals surface area contributed by atoms with Gasteiger partial charge in [-0.2, -0.15) is 26.3 Å². The largest absolute Gasteiger partial charge is 0.471 e. The van der Waals surface area contributed by atoms with Crippen LogP contribution in [0.5, 0.6) is 0 Å². The average molecular weight is 409 g/mol. The lowest BCUT2D eigenvalue weighted by Crippen LogP contribution is -2.40. The number of carbonyl (C=O) groups excluding carboxylic acids is 3. The molecule has 0 bridgehead atoms. The molecule has 7 nitrogen and oxygen atoms in total. The molecule has 27 heavy (non-hydrogen) atoms. The summed E-state index contributed by atoms with van der Waals surface area (Å²) in [6, 6.07) is 0. The van der Waals surface area contributed by atoms with E-state index in [1.807, 2.05) is 0 Å². The molecule has 0 aliphatic rings. The third-order valence-electron chi connectivity index (χ3n) is 3.20. The molecule has 0 fully saturated rings. The average Bonchev–Trinajstić information content (AvgIpc) is 2.55. The van der Waals surface area contributed by atoms with Gasteiger partial charge in [-0.15, -0.1) is 0 Å². The van der Waals surface area contributed by atoms with Gasteiger partial charge >= 0.3 is 24.2 Å². The standard InChI is InChI=1S/C14H21F6N3O4/c15-13(16,17)11(26)21-5-2-7-23(10(25)4-1-9-24)8-3-6-22-12(27)14(18,19)20/h24H,1-9H2,(H,21,26)(H,22,27). The fourth-order valence-corrected chi connectivity index (χ4v) is 1.89. The Morgan fingerprint density at radius 2 is 1.19 bits per heavy atom. The van der Waals surface area contributed by atoms with Crippen LogP contribution in [0.15, 0.2) is 0 Å². The van der Waals surface area contributed by atoms with Gasteiger partial charge in [0.05, 0.1) is 0 Å². The van der Waals surface area contributed by atoms with Crippen LogP contribution in [-0.2, 0) is 14.4 Å². The van der Waals surface area contributed by atoms with Crippen molar-refractivity contribution >= 4 is 17.7 Å². The monoisotopic (exact) mass is 409 g/mol. The van der Waals surface area contributed by atoms with Crippen LogP contribution in [0.4, 0.5) is 26.3 Å². The lowest BCUT2D eigenvalue weighted by atomic mass is 10.2. The quantitative estimate of drug-likeness (QED) is 0.346. The molecule has 13 heteroatoms. The molecule has 0 atom stereocenters. The Morgan fingerprint density at radius 1 is 0.778 bits per heavy atom. The zero-order valence-electron chi connectivity index (χ0n) is 14.3. The minimum absolute atomic E-state index is 0.0123. The first-order valence-electron chi connectivity index (χ1n) is 7.98. The highest BCUT2D eigenvalue weighted by Crippen LogP contribution is 2.14. The van der Waals surface area contributed by atoms with Crippen LogP contribution < -0.4 is 10.6 Å². The highest BCUT2D eigenvalue weighted by molar-refractivity contribution is 5.82. The number of aliphatic hydroxyl groups is 1. The summed E-state index contributed by atoms with van der Waals surface area (Å²) in [5.41, 5.74) is 0. The highest BCUT2D eigenvalue weighted by Gasteiger charge is 2.38. The minimum atomic E-state index is -5.02. The van der Waals surface area contributed by atoms with Crippen LogP contribution in [-0.4, -0.2) is 72.9 Å². The molecule has 0 saturated heterocycles. The molecule has 0 aliphatic carbocycles. The van der Waals surface area contributed by atoms with Crippen molar-refractivity contribution in [3.8, 4) is 0 Å². The van der Waals surface area contributed by atoms with Gasteiger partial charge in [-0.25, -0.2) is 0 Å². The number of halogens is 6. The van der Waals surface area contributed by atoms with E-state index in [1.165, 1.54) is 4.90 Å². The maximum atomic E-state index is 12.0. The topological polar surface area (TPSA) is 98.7 Å². The van der Waals surface area contributed by atoms with Gasteiger partial charge in [0.2, 0.25) is 5.91 Å². The van der Waals surface area contributed by atoms with Crippen LogP contribution >= 0.6 is 0 Å². The zero-order valence-corrected chi connectivity index (χ0v) is 14.3. The summed E-state index contributed by atoms with van der Waals surface area (Å²) in [6.45, 7) is -1.06. The first-order valence-corrected chi connectivity index (χ1v) is 7.98. The Labute approximate surface area is 151 Å². The number of aliphatic hydroxyl groups excluding tert-OH is 1. The van der Waals surface area contributed by atoms with Gasteiger partial charge in [0, 0.05) is 39.2 Å². The van der Waals surface area contributed by atoms with Crippen molar-refractivity contribution in [2.24, 2.45) is 0 Å². The molecule has 0 saturated carbocycles. The van der Waals surface area contributed by atoms with Gasteiger partial charge in [-0.3, -0.25) is 14.4 Å². The van der Waals surface area contributed by atoms with E-state index in [1.54, 1.807) is 10.6 Å². The van der Waals surface area contributed by atoms with Crippen molar-refractivity contribution in [1.82, 2.24) is 15.5 Å². The van der Waals surface area contributed by atoms with Gasteiger partial charge in [-0.05, 0) is 19.3 Å². The van der Waals surface area contributed by atoms with Crippen LogP contribution in [0.25, 0.3) is 0 Å². The predicted molar refractivity (Wildman–Crippen MR) is 80.3 cm³/mol. The SMILES string of the molecule is O=C(CCCO)N(CCCNC(=O)C(F)(F)F)CCCNC(=O)C(F)(F)F. The second-order valence-corrected chi connectivity index (χ2v) is 5.42. The molecule has 0 aromatic rings. The van der Waals surface area contributed by atoms with E-state index in [4.69, 9.17) is 5.11 Å². The van der Waals surface area contributed by atoms with Crippen molar-refractivity contribution in [3.05, 3.63) is 0 Å². The number of amides is 3. The number of nitrogens with one attached hydrogen (secondary N) is 2. The van der Waals surface area contributed by atoms with Crippen LogP contribution in [0, 0.1) is 0 Å². The summed E-state index contributed by atoms with van der Waals surface area (Å²) in [5, 5.41) is 12.0. The summed E-state index contributed by atoms with van der Waals surface area (Å²) in [6.07, 6.45) is -9.98. The van der Waals surface area contributed by atoms with Gasteiger partial charge < -0.3 is 20.6 Å². The number of alkyl halides is 6. The van der Waals surface area contributed by atoms with E-state index in [9.17, 15) is 40.7 Å². The fourth-order valence-electron chi connectivity index (χ4n) is 1.89.